The first-order chi connectivity index (χ1) is 60.4. The van der Waals surface area contributed by atoms with E-state index in [0.29, 0.717) is 67.1 Å². The first-order valence-electron chi connectivity index (χ1n) is 41.0. The van der Waals surface area contributed by atoms with Gasteiger partial charge in [0.2, 0.25) is 59.1 Å². The molecule has 0 spiro atoms. The number of guanidine groups is 1. The van der Waals surface area contributed by atoms with E-state index in [4.69, 9.17) is 26.4 Å². The van der Waals surface area contributed by atoms with Crippen molar-refractivity contribution in [1.82, 2.24) is 67.0 Å². The fraction of sp³-hybridized carbons (Fsp3) is 0.470. The van der Waals surface area contributed by atoms with Crippen LogP contribution in [0.3, 0.4) is 0 Å². The fourth-order valence-corrected chi connectivity index (χ4v) is 15.8. The Bertz CT molecular complexity index is 4800. The van der Waals surface area contributed by atoms with Gasteiger partial charge in [0, 0.05) is 120 Å². The van der Waals surface area contributed by atoms with Gasteiger partial charge >= 0.3 is 11.9 Å². The second-order valence-electron chi connectivity index (χ2n) is 30.5. The number of likely N-dealkylation sites (tertiary alicyclic amines) is 1. The third kappa shape index (κ3) is 32.0. The Labute approximate surface area is 732 Å². The van der Waals surface area contributed by atoms with Gasteiger partial charge in [-0.05, 0) is 142 Å². The van der Waals surface area contributed by atoms with Gasteiger partial charge in [-0.15, -0.1) is 16.9 Å². The molecular weight excluding hydrogens is 1680 g/mol. The number of nitrogens with zero attached hydrogens (tertiary/aromatic N) is 7. The van der Waals surface area contributed by atoms with E-state index >= 15 is 0 Å². The number of hydrogen-bond acceptors (Lipinski definition) is 28. The van der Waals surface area contributed by atoms with Crippen LogP contribution in [0.5, 0.6) is 5.75 Å². The minimum Gasteiger partial charge on any atom is -0.505 e. The van der Waals surface area contributed by atoms with Crippen molar-refractivity contribution in [2.45, 2.75) is 132 Å². The van der Waals surface area contributed by atoms with Gasteiger partial charge in [-0.2, -0.15) is 5.11 Å². The summed E-state index contributed by atoms with van der Waals surface area (Å²) in [6.45, 7) is 4.88. The molecule has 3 fully saturated rings. The number of carbonyl (C=O) groups excluding carboxylic acids is 13. The van der Waals surface area contributed by atoms with Crippen LogP contribution in [0.4, 0.5) is 22.7 Å². The van der Waals surface area contributed by atoms with Gasteiger partial charge in [-0.25, -0.2) is 4.21 Å². The number of carboxylic acid groups (broad SMARTS) is 2. The summed E-state index contributed by atoms with van der Waals surface area (Å²) in [4.78, 5) is 206. The van der Waals surface area contributed by atoms with Crippen molar-refractivity contribution in [2.24, 2.45) is 21.9 Å². The molecule has 41 nitrogen and oxygen atoms in total. The van der Waals surface area contributed by atoms with Crippen molar-refractivity contribution in [3.8, 4) is 16.9 Å². The molecule has 5 aromatic rings. The predicted octanol–water partition coefficient (Wildman–Crippen LogP) is 1.36. The minimum absolute atomic E-state index is 0.0242. The smallest absolute Gasteiger partial charge is 0.317 e. The number of ketones is 1. The van der Waals surface area contributed by atoms with E-state index in [1.54, 1.807) is 65.3 Å². The Morgan fingerprint density at radius 3 is 1.89 bits per heavy atom. The van der Waals surface area contributed by atoms with Crippen LogP contribution in [0.2, 0.25) is 0 Å². The van der Waals surface area contributed by atoms with E-state index in [-0.39, 0.29) is 194 Å². The van der Waals surface area contributed by atoms with Crippen molar-refractivity contribution in [3.63, 3.8) is 0 Å². The van der Waals surface area contributed by atoms with E-state index in [1.165, 1.54) is 24.3 Å². The van der Waals surface area contributed by atoms with Gasteiger partial charge in [0.1, 0.15) is 37.3 Å². The zero-order valence-electron chi connectivity index (χ0n) is 69.9. The lowest BCUT2D eigenvalue weighted by Gasteiger charge is -2.33. The van der Waals surface area contributed by atoms with Gasteiger partial charge in [0.05, 0.1) is 59.1 Å². The summed E-state index contributed by atoms with van der Waals surface area (Å²) in [5, 5.41) is 70.4. The van der Waals surface area contributed by atoms with Gasteiger partial charge < -0.3 is 88.7 Å². The average Bonchev–Trinajstić information content (AvgIpc) is 0.983. The molecule has 2 unspecified atom stereocenters. The number of ether oxygens (including phenoxy) is 2. The number of azo groups is 1. The molecule has 126 heavy (non-hydrogen) atoms. The molecule has 0 bridgehead atoms. The fourth-order valence-electron chi connectivity index (χ4n) is 14.3. The molecule has 10 amide bonds. The Hall–Kier alpha value is -12.4. The number of thioether (sulfide) groups is 1. The van der Waals surface area contributed by atoms with Crippen LogP contribution in [-0.2, 0) is 98.9 Å². The number of amides is 10. The first kappa shape index (κ1) is 99.0. The van der Waals surface area contributed by atoms with Crippen LogP contribution in [0.15, 0.2) is 106 Å². The second kappa shape index (κ2) is 50.5. The summed E-state index contributed by atoms with van der Waals surface area (Å²) < 4.78 is 31.9. The number of carbonyl (C=O) groups is 15. The van der Waals surface area contributed by atoms with Gasteiger partial charge in [0.15, 0.2) is 28.6 Å². The SMILES string of the molecule is Cc1cc(-c2ccc(NC(=O)[C@@H](CCCCNC(=O)CCN3C(=O)CC(SCC(=O)NCCCC[C@H]4NC(=O)[C@H](Cc5ccccc5)CC(=O)[C@H](CC(=O)O)NC(=O)CNC(=O)[C@H](CCCNC(=N)N)NC4=O)C3=O)NC(=O)CN3CCN(COC=O)CCN(COC=O)CCN(CC(=O)O)CC3)c(C)c2)ccc1N=Nc1ccc2c(S(=O)O)ccc(N)c2c1O. The van der Waals surface area contributed by atoms with E-state index < -0.39 is 143 Å². The molecule has 3 heterocycles. The van der Waals surface area contributed by atoms with Crippen LogP contribution in [-0.4, -0.2) is 291 Å². The number of nitrogens with two attached hydrogens (primary N) is 2. The van der Waals surface area contributed by atoms with E-state index in [9.17, 15) is 96.0 Å². The van der Waals surface area contributed by atoms with E-state index in [2.05, 4.69) is 58.1 Å². The number of anilines is 2. The highest BCUT2D eigenvalue weighted by molar-refractivity contribution is 8.01. The number of phenolic OH excluding ortho intramolecular Hbond substituents is 1. The topological polar surface area (TPSA) is 598 Å². The van der Waals surface area contributed by atoms with Crippen LogP contribution in [0, 0.1) is 25.2 Å². The minimum atomic E-state index is -2.35. The summed E-state index contributed by atoms with van der Waals surface area (Å²) in [5.41, 5.74) is 16.3. The third-order valence-corrected chi connectivity index (χ3v) is 23.1. The molecule has 8 rings (SSSR count). The molecule has 3 aliphatic rings. The largest absolute Gasteiger partial charge is 0.505 e. The lowest BCUT2D eigenvalue weighted by Crippen LogP contribution is -2.55. The average molecular weight is 1790 g/mol. The maximum Gasteiger partial charge on any atom is 0.317 e. The van der Waals surface area contributed by atoms with Crippen molar-refractivity contribution >= 4 is 152 Å². The number of phenols is 1. The summed E-state index contributed by atoms with van der Waals surface area (Å²) in [7, 11) is 0. The third-order valence-electron chi connectivity index (χ3n) is 21.1. The number of rotatable bonds is 41. The molecule has 3 aliphatic heterocycles. The standard InChI is InChI=1S/C83H109N19O22S2/c1-51-37-54(55-17-21-60(52(2)38-55)96-97-61-22-18-57-68(126(121)122)23-19-58(84)76(57)77(61)115)16-20-59(51)93-80(118)63(91-71(108)44-98-29-30-99(45-75(113)114)32-34-101(48-124-50-104)36-35-100(33-31-98)47-123-49-103)13-6-8-25-87-69(106)24-28-102-73(110)42-67(82(102)120)125-46-72(109)88-26-9-7-14-64-81(119)95-62(15-10-27-89-83(85)86)79(117)90-43-70(107)92-65(41-74(111)112)66(105)40-56(78(116)94-64)39-53-11-4-3-5-12-53/h3-5,11-12,16-23,37-38,49-50,56,62-65,67,115H,6-10,13-15,24-36,39-48,84H2,1-2H3,(H,87,106)(H,88,109)(H,90,117)(H,91,108)(H,92,107)(H,93,118)(H,94,116)(H,95,119)(H,111,112)(H,113,114)(H,121,122)(H4,85,86,89)/t56-,62+,63-,64-,65+,67?/m1/s1. The number of imide groups is 1. The van der Waals surface area contributed by atoms with Gasteiger partial charge in [0.25, 0.3) is 12.9 Å². The van der Waals surface area contributed by atoms with Crippen molar-refractivity contribution in [1.29, 1.82) is 5.41 Å². The lowest BCUT2D eigenvalue weighted by molar-refractivity contribution is -0.141. The summed E-state index contributed by atoms with van der Waals surface area (Å²) >= 11 is -1.43. The zero-order chi connectivity index (χ0) is 91.4. The molecule has 0 aromatic heterocycles. The predicted molar refractivity (Wildman–Crippen MR) is 462 cm³/mol. The maximum absolute atomic E-state index is 14.6. The molecule has 0 radical (unpaired) electrons. The van der Waals surface area contributed by atoms with Crippen LogP contribution < -0.4 is 59.3 Å². The number of nitrogens with one attached hydrogen (secondary N) is 10. The number of Topliss-reactive ketones (excluding diaryl/α,β-unsaturated/α-hetero) is 1. The number of unbranched alkanes of at least 4 members (excludes halogenated alkanes) is 2. The zero-order valence-corrected chi connectivity index (χ0v) is 71.6. The highest BCUT2D eigenvalue weighted by Crippen LogP contribution is 2.41. The Balaban J connectivity index is 0.857. The Kier molecular flexibility index (Phi) is 39.7. The number of benzene rings is 5. The Morgan fingerprint density at radius 1 is 0.659 bits per heavy atom. The molecular formula is C83H109N19O22S2. The van der Waals surface area contributed by atoms with E-state index in [0.717, 1.165) is 27.8 Å². The normalized spacial score (nSPS) is 18.8. The summed E-state index contributed by atoms with van der Waals surface area (Å²) in [6.07, 6.45) is -0.707. The second-order valence-corrected chi connectivity index (χ2v) is 32.6. The van der Waals surface area contributed by atoms with Crippen LogP contribution in [0.25, 0.3) is 21.9 Å². The van der Waals surface area contributed by atoms with Crippen molar-refractivity contribution in [2.75, 3.05) is 128 Å². The maximum atomic E-state index is 14.6. The van der Waals surface area contributed by atoms with Crippen LogP contribution >= 0.6 is 11.8 Å². The molecule has 0 aliphatic carbocycles. The van der Waals surface area contributed by atoms with Gasteiger partial charge in [-0.1, -0.05) is 48.5 Å². The highest BCUT2D eigenvalue weighted by Gasteiger charge is 2.40. The van der Waals surface area contributed by atoms with Gasteiger partial charge in [-0.3, -0.25) is 102 Å². The molecule has 680 valence electrons. The number of hydrogen-bond donors (Lipinski definition) is 16. The van der Waals surface area contributed by atoms with Crippen LogP contribution in [0.1, 0.15) is 93.7 Å². The molecule has 7 atom stereocenters. The lowest BCUT2D eigenvalue weighted by atomic mass is 9.90. The quantitative estimate of drug-likeness (QED) is 0.00384. The molecule has 5 aromatic carbocycles. The number of aliphatic carboxylic acids is 2. The summed E-state index contributed by atoms with van der Waals surface area (Å²) in [5.74, 6) is -11.9. The summed E-state index contributed by atoms with van der Waals surface area (Å²) in [6, 6.07) is 19.8. The van der Waals surface area contributed by atoms with Crippen molar-refractivity contribution < 1.29 is 105 Å². The van der Waals surface area contributed by atoms with Crippen molar-refractivity contribution in [3.05, 3.63) is 108 Å². The number of carboxylic acids is 2. The highest BCUT2D eigenvalue weighted by atomic mass is 32.2. The van der Waals surface area contributed by atoms with E-state index in [1.807, 2.05) is 34.9 Å². The number of aryl methyl sites for hydroxylation is 2. The number of fused-ring (bicyclic) bond motifs is 1. The molecule has 0 saturated carbocycles. The first-order valence-corrected chi connectivity index (χ1v) is 43.2. The molecule has 43 heteroatoms. The Morgan fingerprint density at radius 2 is 1.25 bits per heavy atom. The monoisotopic (exact) mass is 1790 g/mol. The molecule has 18 N–H and O–H groups in total. The number of nitrogen functional groups attached to an aromatic ring is 1. The number of aromatic hydroxyl groups is 1. The molecule has 3 saturated heterocycles.